The van der Waals surface area contributed by atoms with E-state index >= 15 is 0 Å². The third kappa shape index (κ3) is 14.7. The van der Waals surface area contributed by atoms with Crippen molar-refractivity contribution in [3.63, 3.8) is 0 Å². The van der Waals surface area contributed by atoms with E-state index in [1.807, 2.05) is 6.08 Å². The number of aliphatic carboxylic acids is 1. The first-order valence-corrected chi connectivity index (χ1v) is 6.97. The van der Waals surface area contributed by atoms with Gasteiger partial charge in [0.25, 0.3) is 0 Å². The standard InChI is InChI=1S/C16H26O2/c1-2-3-4-5-6-7-8-9-10-11-12-13-14-15-16(17)18/h3-8H,2,9-15H2,1H3,(H,17,18). The molecule has 0 saturated heterocycles. The van der Waals surface area contributed by atoms with Gasteiger partial charge in [0.2, 0.25) is 0 Å². The maximum atomic E-state index is 10.3. The summed E-state index contributed by atoms with van der Waals surface area (Å²) in [5, 5.41) is 8.47. The highest BCUT2D eigenvalue weighted by molar-refractivity contribution is 5.66. The molecule has 0 saturated carbocycles. The Hall–Kier alpha value is -1.31. The fourth-order valence-electron chi connectivity index (χ4n) is 1.59. The summed E-state index contributed by atoms with van der Waals surface area (Å²) in [7, 11) is 0. The Morgan fingerprint density at radius 2 is 1.50 bits per heavy atom. The lowest BCUT2D eigenvalue weighted by atomic mass is 10.1. The molecule has 0 atom stereocenters. The number of carboxylic acid groups (broad SMARTS) is 1. The highest BCUT2D eigenvalue weighted by Gasteiger charge is 1.95. The van der Waals surface area contributed by atoms with Gasteiger partial charge in [-0.15, -0.1) is 0 Å². The molecule has 0 rings (SSSR count). The number of rotatable bonds is 11. The van der Waals surface area contributed by atoms with Crippen LogP contribution in [0.4, 0.5) is 0 Å². The van der Waals surface area contributed by atoms with Gasteiger partial charge in [-0.1, -0.05) is 62.6 Å². The van der Waals surface area contributed by atoms with Gasteiger partial charge in [-0.25, -0.2) is 0 Å². The molecule has 2 heteroatoms. The van der Waals surface area contributed by atoms with Crippen molar-refractivity contribution in [1.29, 1.82) is 0 Å². The average molecular weight is 250 g/mol. The Morgan fingerprint density at radius 3 is 2.17 bits per heavy atom. The summed E-state index contributed by atoms with van der Waals surface area (Å²) >= 11 is 0. The lowest BCUT2D eigenvalue weighted by molar-refractivity contribution is -0.137. The van der Waals surface area contributed by atoms with Gasteiger partial charge >= 0.3 is 5.97 Å². The predicted molar refractivity (Wildman–Crippen MR) is 77.7 cm³/mol. The van der Waals surface area contributed by atoms with Crippen molar-refractivity contribution in [3.05, 3.63) is 36.5 Å². The number of carboxylic acids is 1. The fourth-order valence-corrected chi connectivity index (χ4v) is 1.59. The van der Waals surface area contributed by atoms with Crippen molar-refractivity contribution in [2.24, 2.45) is 0 Å². The first-order chi connectivity index (χ1) is 8.77. The molecule has 0 fully saturated rings. The monoisotopic (exact) mass is 250 g/mol. The van der Waals surface area contributed by atoms with E-state index in [9.17, 15) is 4.79 Å². The number of allylic oxidation sites excluding steroid dienone is 6. The zero-order valence-electron chi connectivity index (χ0n) is 11.5. The molecule has 18 heavy (non-hydrogen) atoms. The van der Waals surface area contributed by atoms with Crippen LogP contribution in [0.2, 0.25) is 0 Å². The zero-order valence-corrected chi connectivity index (χ0v) is 11.5. The van der Waals surface area contributed by atoms with Gasteiger partial charge in [-0.3, -0.25) is 4.79 Å². The smallest absolute Gasteiger partial charge is 0.303 e. The molecule has 0 heterocycles. The lowest BCUT2D eigenvalue weighted by Crippen LogP contribution is -1.93. The number of carbonyl (C=O) groups is 1. The highest BCUT2D eigenvalue weighted by atomic mass is 16.4. The Labute approximate surface area is 111 Å². The van der Waals surface area contributed by atoms with E-state index in [0.717, 1.165) is 32.1 Å². The van der Waals surface area contributed by atoms with Gasteiger partial charge in [0.15, 0.2) is 0 Å². The minimum Gasteiger partial charge on any atom is -0.481 e. The van der Waals surface area contributed by atoms with E-state index < -0.39 is 5.97 Å². The third-order valence-electron chi connectivity index (χ3n) is 2.60. The molecule has 0 spiro atoms. The van der Waals surface area contributed by atoms with Crippen molar-refractivity contribution in [3.8, 4) is 0 Å². The Kier molecular flexibility index (Phi) is 12.8. The first kappa shape index (κ1) is 16.7. The normalized spacial score (nSPS) is 12.1. The SMILES string of the molecule is CCC=CC=CC=CCCCCCCCC(=O)O. The number of unbranched alkanes of at least 4 members (excludes halogenated alkanes) is 5. The van der Waals surface area contributed by atoms with Crippen molar-refractivity contribution >= 4 is 5.97 Å². The second-order valence-corrected chi connectivity index (χ2v) is 4.35. The quantitative estimate of drug-likeness (QED) is 0.419. The molecule has 0 radical (unpaired) electrons. The summed E-state index contributed by atoms with van der Waals surface area (Å²) in [6.45, 7) is 2.12. The molecule has 0 aliphatic heterocycles. The predicted octanol–water partition coefficient (Wildman–Crippen LogP) is 4.88. The minimum absolute atomic E-state index is 0.315. The summed E-state index contributed by atoms with van der Waals surface area (Å²) < 4.78 is 0. The highest BCUT2D eigenvalue weighted by Crippen LogP contribution is 2.07. The van der Waals surface area contributed by atoms with Crippen molar-refractivity contribution in [1.82, 2.24) is 0 Å². The van der Waals surface area contributed by atoms with Crippen molar-refractivity contribution < 1.29 is 9.90 Å². The molecule has 0 aliphatic rings. The van der Waals surface area contributed by atoms with Gasteiger partial charge in [0.05, 0.1) is 0 Å². The second kappa shape index (κ2) is 13.8. The summed E-state index contributed by atoms with van der Waals surface area (Å²) in [4.78, 5) is 10.3. The second-order valence-electron chi connectivity index (χ2n) is 4.35. The summed E-state index contributed by atoms with van der Waals surface area (Å²) in [6.07, 6.45) is 20.5. The zero-order chi connectivity index (χ0) is 13.5. The maximum Gasteiger partial charge on any atom is 0.303 e. The van der Waals surface area contributed by atoms with Gasteiger partial charge in [0, 0.05) is 6.42 Å². The van der Waals surface area contributed by atoms with Crippen molar-refractivity contribution in [2.75, 3.05) is 0 Å². The van der Waals surface area contributed by atoms with Crippen LogP contribution < -0.4 is 0 Å². The van der Waals surface area contributed by atoms with Crippen LogP contribution in [-0.4, -0.2) is 11.1 Å². The molecule has 0 unspecified atom stereocenters. The van der Waals surface area contributed by atoms with E-state index in [4.69, 9.17) is 5.11 Å². The molecule has 102 valence electrons. The van der Waals surface area contributed by atoms with E-state index in [1.165, 1.54) is 12.8 Å². The van der Waals surface area contributed by atoms with Crippen LogP contribution in [-0.2, 0) is 4.79 Å². The van der Waals surface area contributed by atoms with Crippen LogP contribution in [0.25, 0.3) is 0 Å². The topological polar surface area (TPSA) is 37.3 Å². The summed E-state index contributed by atoms with van der Waals surface area (Å²) in [6, 6.07) is 0. The van der Waals surface area contributed by atoms with Gasteiger partial charge in [0.1, 0.15) is 0 Å². The van der Waals surface area contributed by atoms with Crippen LogP contribution >= 0.6 is 0 Å². The minimum atomic E-state index is -0.679. The molecule has 0 aromatic carbocycles. The number of hydrogen-bond acceptors (Lipinski definition) is 1. The molecule has 0 bridgehead atoms. The molecular formula is C16H26O2. The maximum absolute atomic E-state index is 10.3. The van der Waals surface area contributed by atoms with Crippen LogP contribution in [0.1, 0.15) is 58.3 Å². The summed E-state index contributed by atoms with van der Waals surface area (Å²) in [5.74, 6) is -0.679. The molecule has 0 aromatic rings. The van der Waals surface area contributed by atoms with Crippen LogP contribution in [0, 0.1) is 0 Å². The largest absolute Gasteiger partial charge is 0.481 e. The lowest BCUT2D eigenvalue weighted by Gasteiger charge is -1.97. The average Bonchev–Trinajstić information content (AvgIpc) is 2.34. The van der Waals surface area contributed by atoms with Crippen molar-refractivity contribution in [2.45, 2.75) is 58.3 Å². The van der Waals surface area contributed by atoms with Crippen LogP contribution in [0.15, 0.2) is 36.5 Å². The third-order valence-corrected chi connectivity index (χ3v) is 2.60. The van der Waals surface area contributed by atoms with E-state index in [1.54, 1.807) is 0 Å². The molecule has 0 aliphatic carbocycles. The van der Waals surface area contributed by atoms with Crippen LogP contribution in [0.5, 0.6) is 0 Å². The molecular weight excluding hydrogens is 224 g/mol. The van der Waals surface area contributed by atoms with E-state index in [-0.39, 0.29) is 0 Å². The van der Waals surface area contributed by atoms with E-state index in [2.05, 4.69) is 37.3 Å². The van der Waals surface area contributed by atoms with E-state index in [0.29, 0.717) is 6.42 Å². The summed E-state index contributed by atoms with van der Waals surface area (Å²) in [5.41, 5.74) is 0. The fraction of sp³-hybridized carbons (Fsp3) is 0.562. The Balaban J connectivity index is 3.24. The first-order valence-electron chi connectivity index (χ1n) is 6.97. The van der Waals surface area contributed by atoms with Gasteiger partial charge < -0.3 is 5.11 Å². The molecule has 1 N–H and O–H groups in total. The molecule has 0 aromatic heterocycles. The van der Waals surface area contributed by atoms with Crippen LogP contribution in [0.3, 0.4) is 0 Å². The van der Waals surface area contributed by atoms with Gasteiger partial charge in [-0.2, -0.15) is 0 Å². The molecule has 0 amide bonds. The number of hydrogen-bond donors (Lipinski definition) is 1. The molecule has 2 nitrogen and oxygen atoms in total. The Bertz CT molecular complexity index is 275. The van der Waals surface area contributed by atoms with Gasteiger partial charge in [-0.05, 0) is 25.7 Å². The Morgan fingerprint density at radius 1 is 0.889 bits per heavy atom.